The average Bonchev–Trinajstić information content (AvgIpc) is 1.88. The van der Waals surface area contributed by atoms with Crippen LogP contribution in [0.2, 0.25) is 0 Å². The molecule has 0 aliphatic carbocycles. The third-order valence-electron chi connectivity index (χ3n) is 0.408. The van der Waals surface area contributed by atoms with Gasteiger partial charge in [-0.3, -0.25) is 0 Å². The maximum Gasteiger partial charge on any atom is 4.00 e. The Morgan fingerprint density at radius 2 is 0.900 bits per heavy atom. The van der Waals surface area contributed by atoms with Crippen LogP contribution >= 0.6 is 0 Å². The van der Waals surface area contributed by atoms with Crippen molar-refractivity contribution < 1.29 is 53.6 Å². The molecule has 0 aliphatic heterocycles. The molecule has 10 heavy (non-hydrogen) atoms. The van der Waals surface area contributed by atoms with E-state index in [0.717, 1.165) is 12.8 Å². The quantitative estimate of drug-likeness (QED) is 0.582. The minimum absolute atomic E-state index is 0. The Hall–Kier alpha value is 1.35. The molecule has 0 aromatic carbocycles. The first-order valence-corrected chi connectivity index (χ1v) is 2.99. The van der Waals surface area contributed by atoms with Gasteiger partial charge in [-0.1, -0.05) is 26.7 Å². The first-order chi connectivity index (χ1) is 3.83. The van der Waals surface area contributed by atoms with Crippen molar-refractivity contribution in [3.8, 4) is 0 Å². The molecule has 0 bridgehead atoms. The van der Waals surface area contributed by atoms with E-state index < -0.39 is 0 Å². The molecule has 0 radical (unpaired) electrons. The largest absolute Gasteiger partial charge is 4.00 e. The fraction of sp³-hybridized carbons (Fsp3) is 1.00. The van der Waals surface area contributed by atoms with Gasteiger partial charge in [-0.05, 0) is 0 Å². The van der Waals surface area contributed by atoms with E-state index in [-0.39, 0.29) is 56.6 Å². The Labute approximate surface area is 93.2 Å². The third kappa shape index (κ3) is 58.1. The summed E-state index contributed by atoms with van der Waals surface area (Å²) in [6.45, 7) is 3.88. The van der Waals surface area contributed by atoms with Crippen molar-refractivity contribution in [2.45, 2.75) is 26.7 Å². The van der Waals surface area contributed by atoms with Crippen molar-refractivity contribution in [3.63, 3.8) is 0 Å². The molecule has 0 amide bonds. The summed E-state index contributed by atoms with van der Waals surface area (Å²) >= 11 is 0. The summed E-state index contributed by atoms with van der Waals surface area (Å²) in [4.78, 5) is 0. The number of rotatable bonds is 2. The first kappa shape index (κ1) is 22.5. The monoisotopic (exact) mass is 214 g/mol. The van der Waals surface area contributed by atoms with E-state index in [1.54, 1.807) is 0 Å². The molecular formula is C6H14O2Ti2+6. The molecule has 0 aromatic heterocycles. The van der Waals surface area contributed by atoms with Crippen LogP contribution < -0.4 is 10.2 Å². The first-order valence-electron chi connectivity index (χ1n) is 2.99. The van der Waals surface area contributed by atoms with Gasteiger partial charge in [0.05, 0.1) is 0 Å². The Morgan fingerprint density at radius 3 is 0.900 bits per heavy atom. The van der Waals surface area contributed by atoms with Crippen LogP contribution in [-0.2, 0) is 43.4 Å². The zero-order valence-electron chi connectivity index (χ0n) is 6.64. The van der Waals surface area contributed by atoms with Crippen LogP contribution in [0, 0.1) is 0 Å². The molecule has 52 valence electrons. The Morgan fingerprint density at radius 1 is 0.800 bits per heavy atom. The summed E-state index contributed by atoms with van der Waals surface area (Å²) in [5.41, 5.74) is 0. The van der Waals surface area contributed by atoms with E-state index in [1.165, 1.54) is 0 Å². The van der Waals surface area contributed by atoms with Crippen molar-refractivity contribution in [2.24, 2.45) is 0 Å². The van der Waals surface area contributed by atoms with Gasteiger partial charge in [-0.15, -0.1) is 13.2 Å². The van der Waals surface area contributed by atoms with Crippen molar-refractivity contribution >= 4 is 0 Å². The summed E-state index contributed by atoms with van der Waals surface area (Å²) < 4.78 is 0. The van der Waals surface area contributed by atoms with Gasteiger partial charge < -0.3 is 10.2 Å². The normalized spacial score (nSPS) is 6.00. The van der Waals surface area contributed by atoms with E-state index in [4.69, 9.17) is 0 Å². The van der Waals surface area contributed by atoms with E-state index in [1.807, 2.05) is 13.8 Å². The second kappa shape index (κ2) is 31.6. The van der Waals surface area contributed by atoms with Crippen LogP contribution in [-0.4, -0.2) is 13.2 Å². The smallest absolute Gasteiger partial charge is 0.854 e. The van der Waals surface area contributed by atoms with Crippen LogP contribution in [0.15, 0.2) is 0 Å². The Balaban J connectivity index is -0.0000000300. The summed E-state index contributed by atoms with van der Waals surface area (Å²) in [5, 5.41) is 18.6. The molecule has 0 aromatic rings. The number of hydrogen-bond donors (Lipinski definition) is 0. The van der Waals surface area contributed by atoms with Gasteiger partial charge in [0.2, 0.25) is 0 Å². The third-order valence-corrected chi connectivity index (χ3v) is 0.408. The van der Waals surface area contributed by atoms with Crippen molar-refractivity contribution in [1.29, 1.82) is 0 Å². The summed E-state index contributed by atoms with van der Waals surface area (Å²) in [6, 6.07) is 0. The molecule has 0 atom stereocenters. The standard InChI is InChI=1S/2C3H7O.2Ti/c2*1-2-3-4;;/h2*2-3H2,1H3;;/q2*-1;2*+4. The second-order valence-corrected chi connectivity index (χ2v) is 1.41. The predicted octanol–water partition coefficient (Wildman–Crippen LogP) is -0.492. The topological polar surface area (TPSA) is 46.1 Å². The zero-order chi connectivity index (χ0) is 6.83. The van der Waals surface area contributed by atoms with Crippen molar-refractivity contribution in [1.82, 2.24) is 0 Å². The van der Waals surface area contributed by atoms with Crippen LogP contribution in [0.1, 0.15) is 26.7 Å². The molecule has 0 saturated heterocycles. The molecule has 0 fully saturated rings. The van der Waals surface area contributed by atoms with E-state index in [0.29, 0.717) is 0 Å². The van der Waals surface area contributed by atoms with Gasteiger partial charge in [0.1, 0.15) is 0 Å². The van der Waals surface area contributed by atoms with E-state index in [2.05, 4.69) is 0 Å². The molecule has 0 heterocycles. The van der Waals surface area contributed by atoms with Crippen LogP contribution in [0.25, 0.3) is 0 Å². The molecule has 2 nitrogen and oxygen atoms in total. The SMILES string of the molecule is CCC[O-].CCC[O-].[Ti+4].[Ti+4]. The molecule has 0 N–H and O–H groups in total. The minimum Gasteiger partial charge on any atom is -0.854 e. The average molecular weight is 214 g/mol. The van der Waals surface area contributed by atoms with Gasteiger partial charge in [0.15, 0.2) is 0 Å². The van der Waals surface area contributed by atoms with Crippen LogP contribution in [0.5, 0.6) is 0 Å². The Kier molecular flexibility index (Phi) is 71.2. The van der Waals surface area contributed by atoms with Crippen molar-refractivity contribution in [2.75, 3.05) is 13.2 Å². The van der Waals surface area contributed by atoms with E-state index >= 15 is 0 Å². The summed E-state index contributed by atoms with van der Waals surface area (Å²) in [5.74, 6) is 0. The second-order valence-electron chi connectivity index (χ2n) is 1.41. The molecule has 0 spiro atoms. The zero-order valence-corrected chi connectivity index (χ0v) is 9.77. The van der Waals surface area contributed by atoms with Crippen LogP contribution in [0.3, 0.4) is 0 Å². The van der Waals surface area contributed by atoms with Crippen LogP contribution in [0.4, 0.5) is 0 Å². The van der Waals surface area contributed by atoms with Gasteiger partial charge in [-0.25, -0.2) is 0 Å². The minimum atomic E-state index is 0. The van der Waals surface area contributed by atoms with Gasteiger partial charge in [0, 0.05) is 0 Å². The molecule has 0 aliphatic rings. The molecule has 0 unspecified atom stereocenters. The van der Waals surface area contributed by atoms with Crippen molar-refractivity contribution in [3.05, 3.63) is 0 Å². The molecule has 0 rings (SSSR count). The van der Waals surface area contributed by atoms with Gasteiger partial charge in [0.25, 0.3) is 0 Å². The Bertz CT molecular complexity index is 21.7. The molecule has 0 saturated carbocycles. The predicted molar refractivity (Wildman–Crippen MR) is 30.3 cm³/mol. The summed E-state index contributed by atoms with van der Waals surface area (Å²) in [6.07, 6.45) is 1.53. The molecular weight excluding hydrogens is 200 g/mol. The summed E-state index contributed by atoms with van der Waals surface area (Å²) in [7, 11) is 0. The van der Waals surface area contributed by atoms with Gasteiger partial charge >= 0.3 is 43.4 Å². The van der Waals surface area contributed by atoms with Gasteiger partial charge in [-0.2, -0.15) is 0 Å². The number of hydrogen-bond acceptors (Lipinski definition) is 2. The van der Waals surface area contributed by atoms with E-state index in [9.17, 15) is 10.2 Å². The molecule has 4 heteroatoms. The maximum atomic E-state index is 9.30. The fourth-order valence-electron chi connectivity index (χ4n) is 0. The maximum absolute atomic E-state index is 9.30. The fourth-order valence-corrected chi connectivity index (χ4v) is 0.